The van der Waals surface area contributed by atoms with E-state index in [1.807, 2.05) is 42.5 Å². The van der Waals surface area contributed by atoms with Crippen LogP contribution in [-0.2, 0) is 11.6 Å². The Labute approximate surface area is 222 Å². The van der Waals surface area contributed by atoms with Crippen LogP contribution in [0.15, 0.2) is 72.8 Å². The topological polar surface area (TPSA) is 50.9 Å². The van der Waals surface area contributed by atoms with Gasteiger partial charge in [-0.3, -0.25) is 0 Å². The van der Waals surface area contributed by atoms with Crippen LogP contribution in [0.2, 0.25) is 0 Å². The van der Waals surface area contributed by atoms with Crippen LogP contribution in [0.3, 0.4) is 0 Å². The molecule has 2 unspecified atom stereocenters. The molecular weight excluding hydrogens is 487 g/mol. The molecule has 4 aromatic rings. The van der Waals surface area contributed by atoms with Gasteiger partial charge in [-0.15, -0.1) is 10.2 Å². The van der Waals surface area contributed by atoms with Crippen molar-refractivity contribution in [2.24, 2.45) is 0 Å². The van der Waals surface area contributed by atoms with Gasteiger partial charge in [-0.25, -0.2) is 0 Å². The maximum absolute atomic E-state index is 13.2. The third kappa shape index (κ3) is 6.26. The number of aliphatic hydroxyl groups excluding tert-OH is 1. The SMILES string of the molecule is CCCCCCCC(O)C(c1cccc(-n2nc3ccc(C(F)(F)F)cc3n2)c1)C(C)(C)c1ccccc1. The summed E-state index contributed by atoms with van der Waals surface area (Å²) < 4.78 is 39.6. The fourth-order valence-corrected chi connectivity index (χ4v) is 5.34. The fraction of sp³-hybridized carbons (Fsp3) is 0.419. The molecule has 0 saturated carbocycles. The van der Waals surface area contributed by atoms with E-state index in [9.17, 15) is 18.3 Å². The molecule has 7 heteroatoms. The van der Waals surface area contributed by atoms with E-state index < -0.39 is 17.8 Å². The summed E-state index contributed by atoms with van der Waals surface area (Å²) in [6.07, 6.45) is 1.27. The molecule has 0 amide bonds. The summed E-state index contributed by atoms with van der Waals surface area (Å²) in [5.41, 5.74) is 2.13. The van der Waals surface area contributed by atoms with Crippen LogP contribution in [0.25, 0.3) is 16.7 Å². The normalized spacial score (nSPS) is 14.1. The number of unbranched alkanes of at least 4 members (excludes halogenated alkanes) is 4. The zero-order chi connectivity index (χ0) is 27.3. The van der Waals surface area contributed by atoms with Crippen molar-refractivity contribution in [1.82, 2.24) is 15.0 Å². The molecule has 0 aliphatic carbocycles. The first-order chi connectivity index (χ1) is 18.1. The highest BCUT2D eigenvalue weighted by Gasteiger charge is 2.37. The lowest BCUT2D eigenvalue weighted by atomic mass is 9.67. The summed E-state index contributed by atoms with van der Waals surface area (Å²) in [5, 5.41) is 20.3. The van der Waals surface area contributed by atoms with E-state index in [2.05, 4.69) is 43.1 Å². The minimum Gasteiger partial charge on any atom is -0.392 e. The second-order valence-corrected chi connectivity index (χ2v) is 10.6. The Morgan fingerprint density at radius 3 is 2.21 bits per heavy atom. The second-order valence-electron chi connectivity index (χ2n) is 10.6. The van der Waals surface area contributed by atoms with Crippen molar-refractivity contribution in [2.75, 3.05) is 0 Å². The van der Waals surface area contributed by atoms with E-state index in [0.717, 1.165) is 36.1 Å². The first kappa shape index (κ1) is 27.8. The van der Waals surface area contributed by atoms with Gasteiger partial charge in [0.25, 0.3) is 0 Å². The molecule has 0 radical (unpaired) electrons. The molecule has 2 atom stereocenters. The van der Waals surface area contributed by atoms with Crippen molar-refractivity contribution in [3.05, 3.63) is 89.5 Å². The molecule has 4 nitrogen and oxygen atoms in total. The van der Waals surface area contributed by atoms with Gasteiger partial charge in [-0.1, -0.05) is 95.3 Å². The number of hydrogen-bond donors (Lipinski definition) is 1. The van der Waals surface area contributed by atoms with Crippen molar-refractivity contribution in [1.29, 1.82) is 0 Å². The Hall–Kier alpha value is -3.19. The van der Waals surface area contributed by atoms with E-state index >= 15 is 0 Å². The number of rotatable bonds is 11. The molecule has 0 spiro atoms. The number of hydrogen-bond acceptors (Lipinski definition) is 3. The maximum Gasteiger partial charge on any atom is 0.416 e. The molecule has 38 heavy (non-hydrogen) atoms. The summed E-state index contributed by atoms with van der Waals surface area (Å²) >= 11 is 0. The van der Waals surface area contributed by atoms with Gasteiger partial charge in [-0.2, -0.15) is 18.0 Å². The van der Waals surface area contributed by atoms with Crippen molar-refractivity contribution < 1.29 is 18.3 Å². The first-order valence-corrected chi connectivity index (χ1v) is 13.4. The summed E-state index contributed by atoms with van der Waals surface area (Å²) in [6.45, 7) is 6.49. The quantitative estimate of drug-likeness (QED) is 0.202. The Balaban J connectivity index is 1.69. The number of benzene rings is 3. The van der Waals surface area contributed by atoms with E-state index in [-0.39, 0.29) is 16.8 Å². The summed E-state index contributed by atoms with van der Waals surface area (Å²) in [7, 11) is 0. The van der Waals surface area contributed by atoms with Crippen LogP contribution in [0.5, 0.6) is 0 Å². The first-order valence-electron chi connectivity index (χ1n) is 13.4. The lowest BCUT2D eigenvalue weighted by molar-refractivity contribution is -0.137. The Kier molecular flexibility index (Phi) is 8.56. The highest BCUT2D eigenvalue weighted by molar-refractivity contribution is 5.75. The van der Waals surface area contributed by atoms with Gasteiger partial charge in [0.2, 0.25) is 0 Å². The molecule has 3 aromatic carbocycles. The highest BCUT2D eigenvalue weighted by atomic mass is 19.4. The Morgan fingerprint density at radius 1 is 0.789 bits per heavy atom. The van der Waals surface area contributed by atoms with E-state index in [0.29, 0.717) is 17.6 Å². The molecule has 0 aliphatic rings. The third-order valence-corrected chi connectivity index (χ3v) is 7.45. The predicted octanol–water partition coefficient (Wildman–Crippen LogP) is 8.22. The average Bonchev–Trinajstić information content (AvgIpc) is 3.32. The minimum absolute atomic E-state index is 0.179. The third-order valence-electron chi connectivity index (χ3n) is 7.45. The summed E-state index contributed by atoms with van der Waals surface area (Å²) in [5.74, 6) is -0.210. The number of nitrogens with zero attached hydrogens (tertiary/aromatic N) is 3. The fourth-order valence-electron chi connectivity index (χ4n) is 5.34. The van der Waals surface area contributed by atoms with Crippen molar-refractivity contribution in [3.8, 4) is 5.69 Å². The standard InChI is InChI=1S/C31H36F3N3O/c1-4-5-6-7-11-17-28(38)29(30(2,3)23-14-9-8-10-15-23)22-13-12-16-25(20-22)37-35-26-19-18-24(31(32,33)34)21-27(26)36-37/h8-10,12-16,18-21,28-29,38H,4-7,11,17H2,1-3H3. The molecule has 1 aromatic heterocycles. The second kappa shape index (κ2) is 11.7. The molecule has 0 bridgehead atoms. The Morgan fingerprint density at radius 2 is 1.50 bits per heavy atom. The maximum atomic E-state index is 13.2. The number of aliphatic hydroxyl groups is 1. The Bertz CT molecular complexity index is 1330. The zero-order valence-corrected chi connectivity index (χ0v) is 22.2. The number of fused-ring (bicyclic) bond motifs is 1. The van der Waals surface area contributed by atoms with Gasteiger partial charge in [0.15, 0.2) is 0 Å². The molecule has 0 saturated heterocycles. The van der Waals surface area contributed by atoms with Crippen LogP contribution in [0.4, 0.5) is 13.2 Å². The largest absolute Gasteiger partial charge is 0.416 e. The van der Waals surface area contributed by atoms with Gasteiger partial charge in [0, 0.05) is 5.92 Å². The molecule has 0 aliphatic heterocycles. The van der Waals surface area contributed by atoms with Crippen LogP contribution >= 0.6 is 0 Å². The average molecular weight is 524 g/mol. The van der Waals surface area contributed by atoms with Gasteiger partial charge in [0.1, 0.15) is 11.0 Å². The van der Waals surface area contributed by atoms with Crippen molar-refractivity contribution >= 4 is 11.0 Å². The number of halogens is 3. The molecule has 0 fully saturated rings. The highest BCUT2D eigenvalue weighted by Crippen LogP contribution is 2.42. The summed E-state index contributed by atoms with van der Waals surface area (Å²) in [6, 6.07) is 21.2. The van der Waals surface area contributed by atoms with Gasteiger partial charge < -0.3 is 5.11 Å². The lowest BCUT2D eigenvalue weighted by Crippen LogP contribution is -2.35. The molecule has 202 valence electrons. The molecular formula is C31H36F3N3O. The van der Waals surface area contributed by atoms with Crippen molar-refractivity contribution in [3.63, 3.8) is 0 Å². The van der Waals surface area contributed by atoms with Crippen LogP contribution in [0, 0.1) is 0 Å². The molecule has 4 rings (SSSR count). The zero-order valence-electron chi connectivity index (χ0n) is 22.2. The van der Waals surface area contributed by atoms with Gasteiger partial charge in [0.05, 0.1) is 17.4 Å². The van der Waals surface area contributed by atoms with E-state index in [4.69, 9.17) is 0 Å². The van der Waals surface area contributed by atoms with Crippen LogP contribution in [-0.4, -0.2) is 26.2 Å². The van der Waals surface area contributed by atoms with Crippen LogP contribution < -0.4 is 0 Å². The van der Waals surface area contributed by atoms with E-state index in [1.54, 1.807) is 0 Å². The summed E-state index contributed by atoms with van der Waals surface area (Å²) in [4.78, 5) is 1.37. The van der Waals surface area contributed by atoms with Crippen LogP contribution in [0.1, 0.15) is 81.9 Å². The number of alkyl halides is 3. The van der Waals surface area contributed by atoms with E-state index in [1.165, 1.54) is 30.1 Å². The minimum atomic E-state index is -4.44. The lowest BCUT2D eigenvalue weighted by Gasteiger charge is -2.39. The number of aromatic nitrogens is 3. The monoisotopic (exact) mass is 523 g/mol. The molecule has 1 N–H and O–H groups in total. The van der Waals surface area contributed by atoms with Crippen molar-refractivity contribution in [2.45, 2.75) is 82.9 Å². The smallest absolute Gasteiger partial charge is 0.392 e. The van der Waals surface area contributed by atoms with Gasteiger partial charge >= 0.3 is 6.18 Å². The van der Waals surface area contributed by atoms with Gasteiger partial charge in [-0.05, 0) is 53.3 Å². The predicted molar refractivity (Wildman–Crippen MR) is 145 cm³/mol. The molecule has 1 heterocycles.